The van der Waals surface area contributed by atoms with Gasteiger partial charge in [-0.15, -0.1) is 11.3 Å². The van der Waals surface area contributed by atoms with Gasteiger partial charge in [0, 0.05) is 24.5 Å². The number of hydrogen-bond donors (Lipinski definition) is 1. The fraction of sp³-hybridized carbons (Fsp3) is 0.667. The van der Waals surface area contributed by atoms with Crippen molar-refractivity contribution >= 4 is 22.9 Å². The van der Waals surface area contributed by atoms with Crippen LogP contribution in [-0.4, -0.2) is 31.1 Å². The Bertz CT molecular complexity index is 308. The second-order valence-electron chi connectivity index (χ2n) is 3.86. The maximum atomic E-state index is 6.16. The molecule has 92 valence electrons. The minimum atomic E-state index is 0.888. The van der Waals surface area contributed by atoms with Crippen molar-refractivity contribution in [2.45, 2.75) is 27.3 Å². The van der Waals surface area contributed by atoms with Gasteiger partial charge in [-0.2, -0.15) is 0 Å². The van der Waals surface area contributed by atoms with E-state index in [0.717, 1.165) is 37.7 Å². The minimum absolute atomic E-state index is 0.888. The van der Waals surface area contributed by atoms with Gasteiger partial charge in [0.15, 0.2) is 0 Å². The fourth-order valence-corrected chi connectivity index (χ4v) is 2.79. The van der Waals surface area contributed by atoms with Gasteiger partial charge in [-0.3, -0.25) is 0 Å². The molecule has 0 aliphatic carbocycles. The first-order chi connectivity index (χ1) is 7.69. The monoisotopic (exact) mass is 260 g/mol. The average Bonchev–Trinajstić information content (AvgIpc) is 2.61. The summed E-state index contributed by atoms with van der Waals surface area (Å²) >= 11 is 7.90. The Morgan fingerprint density at radius 2 is 2.06 bits per heavy atom. The molecular formula is C12H21ClN2S. The van der Waals surface area contributed by atoms with Crippen LogP contribution in [0.2, 0.25) is 5.02 Å². The van der Waals surface area contributed by atoms with E-state index in [1.54, 1.807) is 11.3 Å². The molecule has 0 aliphatic rings. The highest BCUT2D eigenvalue weighted by Crippen LogP contribution is 2.26. The van der Waals surface area contributed by atoms with Gasteiger partial charge in [0.1, 0.15) is 0 Å². The summed E-state index contributed by atoms with van der Waals surface area (Å²) in [5, 5.41) is 6.48. The van der Waals surface area contributed by atoms with Crippen LogP contribution in [0.25, 0.3) is 0 Å². The lowest BCUT2D eigenvalue weighted by Crippen LogP contribution is -2.31. The molecule has 0 aromatic carbocycles. The van der Waals surface area contributed by atoms with E-state index in [0.29, 0.717) is 0 Å². The number of thiophene rings is 1. The van der Waals surface area contributed by atoms with Crippen LogP contribution in [-0.2, 0) is 6.54 Å². The molecule has 1 aromatic rings. The van der Waals surface area contributed by atoms with E-state index in [1.807, 2.05) is 0 Å². The molecule has 0 radical (unpaired) electrons. The molecule has 0 amide bonds. The molecule has 1 rings (SSSR count). The molecule has 1 N–H and O–H groups in total. The Morgan fingerprint density at radius 3 is 2.56 bits per heavy atom. The topological polar surface area (TPSA) is 15.3 Å². The first-order valence-corrected chi connectivity index (χ1v) is 7.10. The zero-order valence-corrected chi connectivity index (χ0v) is 11.9. The summed E-state index contributed by atoms with van der Waals surface area (Å²) in [6, 6.07) is 0. The van der Waals surface area contributed by atoms with E-state index < -0.39 is 0 Å². The minimum Gasteiger partial charge on any atom is -0.311 e. The number of rotatable bonds is 7. The highest BCUT2D eigenvalue weighted by molar-refractivity contribution is 7.10. The van der Waals surface area contributed by atoms with Gasteiger partial charge in [0.05, 0.1) is 5.02 Å². The maximum absolute atomic E-state index is 6.16. The largest absolute Gasteiger partial charge is 0.311 e. The first-order valence-electron chi connectivity index (χ1n) is 5.84. The molecule has 4 heteroatoms. The summed E-state index contributed by atoms with van der Waals surface area (Å²) in [6.45, 7) is 11.7. The molecule has 0 aliphatic heterocycles. The van der Waals surface area contributed by atoms with Crippen molar-refractivity contribution in [1.29, 1.82) is 0 Å². The van der Waals surface area contributed by atoms with Gasteiger partial charge < -0.3 is 10.2 Å². The van der Waals surface area contributed by atoms with Crippen LogP contribution in [0.4, 0.5) is 0 Å². The number of aryl methyl sites for hydroxylation is 1. The average molecular weight is 261 g/mol. The van der Waals surface area contributed by atoms with E-state index >= 15 is 0 Å². The van der Waals surface area contributed by atoms with E-state index in [1.165, 1.54) is 10.4 Å². The normalized spacial score (nSPS) is 11.3. The predicted molar refractivity (Wildman–Crippen MR) is 73.6 cm³/mol. The molecule has 2 nitrogen and oxygen atoms in total. The van der Waals surface area contributed by atoms with Gasteiger partial charge in [0.2, 0.25) is 0 Å². The molecule has 0 bridgehead atoms. The molecule has 0 atom stereocenters. The number of nitrogens with zero attached hydrogens (tertiary/aromatic N) is 1. The lowest BCUT2D eigenvalue weighted by Gasteiger charge is -2.17. The Kier molecular flexibility index (Phi) is 6.36. The number of likely N-dealkylation sites (N-methyl/N-ethyl adjacent to an activating group) is 1. The molecule has 1 heterocycles. The molecule has 1 aromatic heterocycles. The highest BCUT2D eigenvalue weighted by atomic mass is 35.5. The molecule has 0 spiro atoms. The first kappa shape index (κ1) is 14.0. The third-order valence-electron chi connectivity index (χ3n) is 2.75. The summed E-state index contributed by atoms with van der Waals surface area (Å²) in [4.78, 5) is 3.66. The quantitative estimate of drug-likeness (QED) is 0.758. The van der Waals surface area contributed by atoms with E-state index in [4.69, 9.17) is 11.6 Å². The lowest BCUT2D eigenvalue weighted by atomic mass is 10.3. The molecule has 0 saturated heterocycles. The van der Waals surface area contributed by atoms with Crippen LogP contribution in [0.1, 0.15) is 24.3 Å². The van der Waals surface area contributed by atoms with Crippen molar-refractivity contribution in [2.24, 2.45) is 0 Å². The predicted octanol–water partition coefficient (Wildman–Crippen LogP) is 3.14. The van der Waals surface area contributed by atoms with Crippen LogP contribution in [0, 0.1) is 6.92 Å². The molecule has 0 saturated carbocycles. The van der Waals surface area contributed by atoms with Crippen LogP contribution >= 0.6 is 22.9 Å². The zero-order chi connectivity index (χ0) is 12.0. The fourth-order valence-electron chi connectivity index (χ4n) is 1.58. The van der Waals surface area contributed by atoms with Crippen molar-refractivity contribution in [3.05, 3.63) is 20.8 Å². The molecular weight excluding hydrogens is 240 g/mol. The Labute approximate surface area is 108 Å². The van der Waals surface area contributed by atoms with Crippen LogP contribution in [0.5, 0.6) is 0 Å². The SMILES string of the molecule is CCN(CC)CCNCc1scc(C)c1Cl. The number of nitrogens with one attached hydrogen (secondary N) is 1. The molecule has 0 fully saturated rings. The van der Waals surface area contributed by atoms with Gasteiger partial charge in [-0.05, 0) is 31.0 Å². The summed E-state index contributed by atoms with van der Waals surface area (Å²) in [5.41, 5.74) is 1.19. The van der Waals surface area contributed by atoms with Gasteiger partial charge in [-0.25, -0.2) is 0 Å². The van der Waals surface area contributed by atoms with Crippen LogP contribution in [0.3, 0.4) is 0 Å². The van der Waals surface area contributed by atoms with E-state index in [9.17, 15) is 0 Å². The molecule has 0 unspecified atom stereocenters. The summed E-state index contributed by atoms with van der Waals surface area (Å²) < 4.78 is 0. The van der Waals surface area contributed by atoms with Crippen LogP contribution < -0.4 is 5.32 Å². The summed E-state index contributed by atoms with van der Waals surface area (Å²) in [5.74, 6) is 0. The molecule has 16 heavy (non-hydrogen) atoms. The lowest BCUT2D eigenvalue weighted by molar-refractivity contribution is 0.302. The van der Waals surface area contributed by atoms with Crippen molar-refractivity contribution in [3.63, 3.8) is 0 Å². The van der Waals surface area contributed by atoms with Gasteiger partial charge in [0.25, 0.3) is 0 Å². The Hall–Kier alpha value is -0.0900. The Morgan fingerprint density at radius 1 is 1.38 bits per heavy atom. The zero-order valence-electron chi connectivity index (χ0n) is 10.3. The van der Waals surface area contributed by atoms with Crippen molar-refractivity contribution in [2.75, 3.05) is 26.2 Å². The van der Waals surface area contributed by atoms with Crippen molar-refractivity contribution in [3.8, 4) is 0 Å². The van der Waals surface area contributed by atoms with Gasteiger partial charge in [-0.1, -0.05) is 25.4 Å². The maximum Gasteiger partial charge on any atom is 0.0587 e. The third-order valence-corrected chi connectivity index (χ3v) is 4.50. The number of hydrogen-bond acceptors (Lipinski definition) is 3. The van der Waals surface area contributed by atoms with E-state index in [-0.39, 0.29) is 0 Å². The second kappa shape index (κ2) is 7.28. The van der Waals surface area contributed by atoms with Crippen LogP contribution in [0.15, 0.2) is 5.38 Å². The highest BCUT2D eigenvalue weighted by Gasteiger charge is 2.05. The standard InChI is InChI=1S/C12H21ClN2S/c1-4-15(5-2)7-6-14-8-11-12(13)10(3)9-16-11/h9,14H,4-8H2,1-3H3. The summed E-state index contributed by atoms with van der Waals surface area (Å²) in [7, 11) is 0. The smallest absolute Gasteiger partial charge is 0.0587 e. The van der Waals surface area contributed by atoms with Gasteiger partial charge >= 0.3 is 0 Å². The van der Waals surface area contributed by atoms with Crippen molar-refractivity contribution < 1.29 is 0 Å². The summed E-state index contributed by atoms with van der Waals surface area (Å²) in [6.07, 6.45) is 0. The van der Waals surface area contributed by atoms with Crippen molar-refractivity contribution in [1.82, 2.24) is 10.2 Å². The third kappa shape index (κ3) is 4.06. The number of halogens is 1. The van der Waals surface area contributed by atoms with E-state index in [2.05, 4.69) is 36.4 Å². The Balaban J connectivity index is 2.23. The second-order valence-corrected chi connectivity index (χ2v) is 5.20.